The van der Waals surface area contributed by atoms with E-state index in [-0.39, 0.29) is 5.91 Å². The van der Waals surface area contributed by atoms with Crippen molar-refractivity contribution in [3.8, 4) is 0 Å². The van der Waals surface area contributed by atoms with Crippen LogP contribution in [0.4, 0.5) is 0 Å². The van der Waals surface area contributed by atoms with Gasteiger partial charge in [-0.1, -0.05) is 37.0 Å². The first kappa shape index (κ1) is 9.99. The molecule has 1 amide bonds. The van der Waals surface area contributed by atoms with Crippen LogP contribution in [-0.2, 0) is 0 Å². The first-order valence-electron chi connectivity index (χ1n) is 4.31. The summed E-state index contributed by atoms with van der Waals surface area (Å²) < 4.78 is 0. The van der Waals surface area contributed by atoms with E-state index in [1.807, 2.05) is 12.1 Å². The zero-order valence-corrected chi connectivity index (χ0v) is 9.29. The van der Waals surface area contributed by atoms with Gasteiger partial charge in [0.2, 0.25) is 5.91 Å². The number of benzene rings is 1. The van der Waals surface area contributed by atoms with Crippen molar-refractivity contribution >= 4 is 19.2 Å². The standard InChI is InChI=1S/C10H15NOSi/c1-13(2,3)9-6-4-8(5-7-9)10(11)12/h4-7H,1-3H3,(H2,11,12). The van der Waals surface area contributed by atoms with Gasteiger partial charge in [-0.2, -0.15) is 0 Å². The third-order valence-corrected chi connectivity index (χ3v) is 4.10. The topological polar surface area (TPSA) is 43.1 Å². The van der Waals surface area contributed by atoms with Crippen molar-refractivity contribution in [3.63, 3.8) is 0 Å². The average Bonchev–Trinajstić information content (AvgIpc) is 2.03. The number of carbonyl (C=O) groups excluding carboxylic acids is 1. The molecule has 1 aromatic carbocycles. The molecule has 0 heterocycles. The van der Waals surface area contributed by atoms with E-state index in [1.165, 1.54) is 5.19 Å². The summed E-state index contributed by atoms with van der Waals surface area (Å²) in [6, 6.07) is 7.62. The summed E-state index contributed by atoms with van der Waals surface area (Å²) in [5.41, 5.74) is 5.73. The molecule has 0 aliphatic heterocycles. The summed E-state index contributed by atoms with van der Waals surface area (Å²) in [6.07, 6.45) is 0. The van der Waals surface area contributed by atoms with E-state index < -0.39 is 8.07 Å². The second kappa shape index (κ2) is 3.34. The molecular weight excluding hydrogens is 178 g/mol. The molecule has 0 aliphatic rings. The highest BCUT2D eigenvalue weighted by atomic mass is 28.3. The van der Waals surface area contributed by atoms with Crippen LogP contribution in [0.2, 0.25) is 19.6 Å². The molecule has 0 aromatic heterocycles. The third-order valence-electron chi connectivity index (χ3n) is 2.04. The zero-order chi connectivity index (χ0) is 10.1. The summed E-state index contributed by atoms with van der Waals surface area (Å²) in [6.45, 7) is 6.81. The molecule has 0 saturated heterocycles. The highest BCUT2D eigenvalue weighted by Crippen LogP contribution is 2.03. The molecule has 13 heavy (non-hydrogen) atoms. The van der Waals surface area contributed by atoms with Crippen LogP contribution < -0.4 is 10.9 Å². The largest absolute Gasteiger partial charge is 0.366 e. The van der Waals surface area contributed by atoms with Gasteiger partial charge in [0.15, 0.2) is 0 Å². The molecule has 2 nitrogen and oxygen atoms in total. The zero-order valence-electron chi connectivity index (χ0n) is 8.29. The Kier molecular flexibility index (Phi) is 2.57. The molecule has 0 spiro atoms. The van der Waals surface area contributed by atoms with Gasteiger partial charge < -0.3 is 5.73 Å². The minimum Gasteiger partial charge on any atom is -0.366 e. The van der Waals surface area contributed by atoms with Gasteiger partial charge in [-0.3, -0.25) is 4.79 Å². The molecule has 3 heteroatoms. The normalized spacial score (nSPS) is 11.3. The number of rotatable bonds is 2. The van der Waals surface area contributed by atoms with Crippen molar-refractivity contribution in [2.45, 2.75) is 19.6 Å². The van der Waals surface area contributed by atoms with Crippen molar-refractivity contribution in [3.05, 3.63) is 29.8 Å². The van der Waals surface area contributed by atoms with Crippen LogP contribution in [0.15, 0.2) is 24.3 Å². The van der Waals surface area contributed by atoms with Crippen LogP contribution in [0.3, 0.4) is 0 Å². The quantitative estimate of drug-likeness (QED) is 0.707. The van der Waals surface area contributed by atoms with Gasteiger partial charge in [-0.15, -0.1) is 0 Å². The van der Waals surface area contributed by atoms with Gasteiger partial charge in [0.25, 0.3) is 0 Å². The first-order valence-corrected chi connectivity index (χ1v) is 7.81. The van der Waals surface area contributed by atoms with Crippen molar-refractivity contribution in [1.82, 2.24) is 0 Å². The Labute approximate surface area is 79.8 Å². The van der Waals surface area contributed by atoms with Crippen LogP contribution in [0.1, 0.15) is 10.4 Å². The molecule has 0 unspecified atom stereocenters. The fraction of sp³-hybridized carbons (Fsp3) is 0.300. The third kappa shape index (κ3) is 2.42. The molecule has 0 aliphatic carbocycles. The van der Waals surface area contributed by atoms with Crippen molar-refractivity contribution in [1.29, 1.82) is 0 Å². The molecule has 0 fully saturated rings. The SMILES string of the molecule is C[Si](C)(C)c1ccc(C(N)=O)cc1. The molecule has 1 aromatic rings. The Bertz CT molecular complexity index is 311. The lowest BCUT2D eigenvalue weighted by molar-refractivity contribution is 0.100. The minimum atomic E-state index is -1.24. The van der Waals surface area contributed by atoms with Gasteiger partial charge in [0.1, 0.15) is 0 Å². The van der Waals surface area contributed by atoms with E-state index in [4.69, 9.17) is 5.73 Å². The van der Waals surface area contributed by atoms with E-state index in [0.29, 0.717) is 5.56 Å². The average molecular weight is 193 g/mol. The van der Waals surface area contributed by atoms with Crippen molar-refractivity contribution in [2.75, 3.05) is 0 Å². The Hall–Kier alpha value is -1.09. The first-order chi connectivity index (χ1) is 5.91. The molecule has 0 bridgehead atoms. The second-order valence-electron chi connectivity index (χ2n) is 4.19. The van der Waals surface area contributed by atoms with Crippen LogP contribution in [-0.4, -0.2) is 14.0 Å². The summed E-state index contributed by atoms with van der Waals surface area (Å²) in [5.74, 6) is -0.359. The Morgan fingerprint density at radius 3 is 1.92 bits per heavy atom. The smallest absolute Gasteiger partial charge is 0.248 e. The number of hydrogen-bond acceptors (Lipinski definition) is 1. The minimum absolute atomic E-state index is 0.359. The summed E-state index contributed by atoms with van der Waals surface area (Å²) in [4.78, 5) is 10.8. The summed E-state index contributed by atoms with van der Waals surface area (Å²) in [7, 11) is -1.24. The molecule has 2 N–H and O–H groups in total. The molecule has 70 valence electrons. The van der Waals surface area contributed by atoms with Gasteiger partial charge in [0, 0.05) is 5.56 Å². The number of nitrogens with two attached hydrogens (primary N) is 1. The van der Waals surface area contributed by atoms with Crippen LogP contribution in [0.25, 0.3) is 0 Å². The fourth-order valence-electron chi connectivity index (χ4n) is 1.13. The van der Waals surface area contributed by atoms with Gasteiger partial charge >= 0.3 is 0 Å². The number of hydrogen-bond donors (Lipinski definition) is 1. The Balaban J connectivity index is 3.01. The van der Waals surface area contributed by atoms with E-state index in [9.17, 15) is 4.79 Å². The Morgan fingerprint density at radius 1 is 1.15 bits per heavy atom. The predicted molar refractivity (Wildman–Crippen MR) is 57.9 cm³/mol. The maximum absolute atomic E-state index is 10.8. The molecule has 0 saturated carbocycles. The maximum atomic E-state index is 10.8. The lowest BCUT2D eigenvalue weighted by Gasteiger charge is -2.16. The number of primary amides is 1. The van der Waals surface area contributed by atoms with Crippen LogP contribution in [0.5, 0.6) is 0 Å². The lowest BCUT2D eigenvalue weighted by atomic mass is 10.2. The molecular formula is C10H15NOSi. The fourth-order valence-corrected chi connectivity index (χ4v) is 2.30. The molecule has 1 rings (SSSR count). The van der Waals surface area contributed by atoms with Crippen LogP contribution in [0, 0.1) is 0 Å². The van der Waals surface area contributed by atoms with Crippen molar-refractivity contribution < 1.29 is 4.79 Å². The summed E-state index contributed by atoms with van der Waals surface area (Å²) in [5, 5.41) is 1.34. The van der Waals surface area contributed by atoms with Gasteiger partial charge in [0.05, 0.1) is 8.07 Å². The lowest BCUT2D eigenvalue weighted by Crippen LogP contribution is -2.37. The molecule has 0 radical (unpaired) electrons. The van der Waals surface area contributed by atoms with Crippen LogP contribution >= 0.6 is 0 Å². The van der Waals surface area contributed by atoms with Gasteiger partial charge in [-0.05, 0) is 12.1 Å². The van der Waals surface area contributed by atoms with Crippen molar-refractivity contribution in [2.24, 2.45) is 5.73 Å². The Morgan fingerprint density at radius 2 is 1.62 bits per heavy atom. The number of amides is 1. The second-order valence-corrected chi connectivity index (χ2v) is 9.27. The van der Waals surface area contributed by atoms with E-state index in [2.05, 4.69) is 19.6 Å². The van der Waals surface area contributed by atoms with E-state index >= 15 is 0 Å². The van der Waals surface area contributed by atoms with E-state index in [1.54, 1.807) is 12.1 Å². The maximum Gasteiger partial charge on any atom is 0.248 e. The summed E-state index contributed by atoms with van der Waals surface area (Å²) >= 11 is 0. The molecule has 0 atom stereocenters. The predicted octanol–water partition coefficient (Wildman–Crippen LogP) is 1.33. The van der Waals surface area contributed by atoms with Gasteiger partial charge in [-0.25, -0.2) is 0 Å². The highest BCUT2D eigenvalue weighted by molar-refractivity contribution is 6.88. The van der Waals surface area contributed by atoms with E-state index in [0.717, 1.165) is 0 Å². The highest BCUT2D eigenvalue weighted by Gasteiger charge is 2.15. The number of carbonyl (C=O) groups is 1. The monoisotopic (exact) mass is 193 g/mol.